The first-order chi connectivity index (χ1) is 13.2. The second-order valence-corrected chi connectivity index (χ2v) is 6.29. The molecule has 28 heavy (non-hydrogen) atoms. The zero-order chi connectivity index (χ0) is 21.0. The molecule has 1 atom stereocenters. The van der Waals surface area contributed by atoms with Crippen molar-refractivity contribution in [2.45, 2.75) is 33.8 Å². The van der Waals surface area contributed by atoms with Crippen LogP contribution in [0.5, 0.6) is 11.5 Å². The molecule has 0 fully saturated rings. The van der Waals surface area contributed by atoms with Crippen molar-refractivity contribution in [3.8, 4) is 11.5 Å². The number of anilines is 1. The Labute approximate surface area is 163 Å². The molecule has 150 valence electrons. The number of hydrogen-bond donors (Lipinski definition) is 2. The van der Waals surface area contributed by atoms with Crippen molar-refractivity contribution in [2.24, 2.45) is 0 Å². The van der Waals surface area contributed by atoms with E-state index in [1.165, 1.54) is 28.1 Å². The first kappa shape index (κ1) is 21.0. The standard InChI is InChI=1S/C20H24N2O6/c1-10-17(12(3)23)11(2)21-18(10)20(25)28-13(4)19(24)22-14-7-8-15(26-5)16(9-14)27-6/h7-9,13,21H,1-6H3,(H,22,24). The summed E-state index contributed by atoms with van der Waals surface area (Å²) in [6.45, 7) is 6.25. The van der Waals surface area contributed by atoms with Crippen LogP contribution in [-0.4, -0.2) is 43.0 Å². The van der Waals surface area contributed by atoms with Gasteiger partial charge in [-0.05, 0) is 45.4 Å². The van der Waals surface area contributed by atoms with Crippen molar-refractivity contribution in [3.05, 3.63) is 40.7 Å². The van der Waals surface area contributed by atoms with Gasteiger partial charge in [0, 0.05) is 23.0 Å². The lowest BCUT2D eigenvalue weighted by Gasteiger charge is -2.15. The van der Waals surface area contributed by atoms with Gasteiger partial charge in [0.15, 0.2) is 23.4 Å². The van der Waals surface area contributed by atoms with Crippen LogP contribution in [0.3, 0.4) is 0 Å². The normalized spacial score (nSPS) is 11.5. The molecule has 0 aliphatic carbocycles. The molecule has 1 aromatic heterocycles. The molecule has 8 nitrogen and oxygen atoms in total. The number of H-pyrrole nitrogens is 1. The Hall–Kier alpha value is -3.29. The number of carbonyl (C=O) groups excluding carboxylic acids is 3. The van der Waals surface area contributed by atoms with Crippen LogP contribution in [0.1, 0.15) is 46.0 Å². The van der Waals surface area contributed by atoms with Crippen LogP contribution in [0, 0.1) is 13.8 Å². The molecule has 0 saturated carbocycles. The zero-order valence-electron chi connectivity index (χ0n) is 16.8. The molecule has 8 heteroatoms. The molecule has 0 aliphatic heterocycles. The number of ketones is 1. The van der Waals surface area contributed by atoms with E-state index in [9.17, 15) is 14.4 Å². The number of carbonyl (C=O) groups is 3. The van der Waals surface area contributed by atoms with E-state index < -0.39 is 18.0 Å². The summed E-state index contributed by atoms with van der Waals surface area (Å²) in [5.41, 5.74) is 2.17. The minimum Gasteiger partial charge on any atom is -0.493 e. The van der Waals surface area contributed by atoms with E-state index in [0.717, 1.165) is 0 Å². The summed E-state index contributed by atoms with van der Waals surface area (Å²) in [6.07, 6.45) is -1.05. The van der Waals surface area contributed by atoms with Crippen LogP contribution in [0.25, 0.3) is 0 Å². The zero-order valence-corrected chi connectivity index (χ0v) is 16.8. The third-order valence-electron chi connectivity index (χ3n) is 4.30. The average molecular weight is 388 g/mol. The maximum atomic E-state index is 12.4. The van der Waals surface area contributed by atoms with Gasteiger partial charge in [0.25, 0.3) is 5.91 Å². The van der Waals surface area contributed by atoms with Crippen molar-refractivity contribution in [2.75, 3.05) is 19.5 Å². The fourth-order valence-electron chi connectivity index (χ4n) is 2.91. The number of hydrogen-bond acceptors (Lipinski definition) is 6. The van der Waals surface area contributed by atoms with Crippen LogP contribution in [0.15, 0.2) is 18.2 Å². The quantitative estimate of drug-likeness (QED) is 0.558. The van der Waals surface area contributed by atoms with Crippen molar-refractivity contribution < 1.29 is 28.6 Å². The minimum atomic E-state index is -1.05. The Balaban J connectivity index is 2.09. The van der Waals surface area contributed by atoms with Gasteiger partial charge in [0.1, 0.15) is 5.69 Å². The fraction of sp³-hybridized carbons (Fsp3) is 0.350. The molecule has 0 radical (unpaired) electrons. The molecule has 2 N–H and O–H groups in total. The highest BCUT2D eigenvalue weighted by atomic mass is 16.5. The fourth-order valence-corrected chi connectivity index (χ4v) is 2.91. The smallest absolute Gasteiger partial charge is 0.355 e. The molecule has 1 aromatic carbocycles. The Morgan fingerprint density at radius 3 is 2.25 bits per heavy atom. The van der Waals surface area contributed by atoms with E-state index >= 15 is 0 Å². The number of methoxy groups -OCH3 is 2. The lowest BCUT2D eigenvalue weighted by molar-refractivity contribution is -0.123. The van der Waals surface area contributed by atoms with Crippen molar-refractivity contribution in [1.82, 2.24) is 4.98 Å². The van der Waals surface area contributed by atoms with E-state index in [2.05, 4.69) is 10.3 Å². The second-order valence-electron chi connectivity index (χ2n) is 6.29. The Morgan fingerprint density at radius 2 is 1.71 bits per heavy atom. The topological polar surface area (TPSA) is 107 Å². The van der Waals surface area contributed by atoms with E-state index in [0.29, 0.717) is 34.0 Å². The number of aromatic amines is 1. The molecule has 0 spiro atoms. The highest BCUT2D eigenvalue weighted by Gasteiger charge is 2.25. The number of benzene rings is 1. The van der Waals surface area contributed by atoms with Crippen LogP contribution in [0.2, 0.25) is 0 Å². The lowest BCUT2D eigenvalue weighted by Crippen LogP contribution is -2.30. The van der Waals surface area contributed by atoms with Gasteiger partial charge in [-0.15, -0.1) is 0 Å². The molecule has 0 saturated heterocycles. The number of nitrogens with one attached hydrogen (secondary N) is 2. The van der Waals surface area contributed by atoms with E-state index in [4.69, 9.17) is 14.2 Å². The highest BCUT2D eigenvalue weighted by Crippen LogP contribution is 2.29. The van der Waals surface area contributed by atoms with Gasteiger partial charge in [-0.2, -0.15) is 0 Å². The third kappa shape index (κ3) is 4.33. The van der Waals surface area contributed by atoms with Crippen molar-refractivity contribution >= 4 is 23.3 Å². The first-order valence-corrected chi connectivity index (χ1v) is 8.63. The van der Waals surface area contributed by atoms with E-state index in [1.54, 1.807) is 32.0 Å². The summed E-state index contributed by atoms with van der Waals surface area (Å²) in [6, 6.07) is 4.90. The van der Waals surface area contributed by atoms with Gasteiger partial charge in [-0.3, -0.25) is 9.59 Å². The van der Waals surface area contributed by atoms with E-state index in [-0.39, 0.29) is 11.5 Å². The molecule has 2 aromatic rings. The number of Topliss-reactive ketones (excluding diaryl/α,β-unsaturated/α-hetero) is 1. The minimum absolute atomic E-state index is 0.149. The van der Waals surface area contributed by atoms with Gasteiger partial charge < -0.3 is 24.5 Å². The molecule has 0 aliphatic rings. The van der Waals surface area contributed by atoms with Crippen LogP contribution in [-0.2, 0) is 9.53 Å². The number of amides is 1. The van der Waals surface area contributed by atoms with Crippen LogP contribution < -0.4 is 14.8 Å². The van der Waals surface area contributed by atoms with Gasteiger partial charge in [-0.25, -0.2) is 4.79 Å². The first-order valence-electron chi connectivity index (χ1n) is 8.63. The Morgan fingerprint density at radius 1 is 1.07 bits per heavy atom. The molecule has 1 amide bonds. The summed E-state index contributed by atoms with van der Waals surface area (Å²) >= 11 is 0. The van der Waals surface area contributed by atoms with Gasteiger partial charge in [-0.1, -0.05) is 0 Å². The number of ether oxygens (including phenoxy) is 3. The summed E-state index contributed by atoms with van der Waals surface area (Å²) in [7, 11) is 3.00. The number of aromatic nitrogens is 1. The molecule has 1 heterocycles. The predicted molar refractivity (Wildman–Crippen MR) is 103 cm³/mol. The van der Waals surface area contributed by atoms with Gasteiger partial charge in [0.2, 0.25) is 0 Å². The lowest BCUT2D eigenvalue weighted by atomic mass is 10.1. The van der Waals surface area contributed by atoms with Crippen LogP contribution >= 0.6 is 0 Å². The summed E-state index contributed by atoms with van der Waals surface area (Å²) in [5, 5.41) is 2.66. The monoisotopic (exact) mass is 388 g/mol. The predicted octanol–water partition coefficient (Wildman–Crippen LogP) is 3.04. The van der Waals surface area contributed by atoms with Crippen molar-refractivity contribution in [1.29, 1.82) is 0 Å². The molecule has 0 bridgehead atoms. The third-order valence-corrected chi connectivity index (χ3v) is 4.30. The van der Waals surface area contributed by atoms with Gasteiger partial charge in [0.05, 0.1) is 14.2 Å². The van der Waals surface area contributed by atoms with Crippen molar-refractivity contribution in [3.63, 3.8) is 0 Å². The average Bonchev–Trinajstić information content (AvgIpc) is 2.95. The molecular formula is C20H24N2O6. The maximum Gasteiger partial charge on any atom is 0.355 e. The second kappa shape index (κ2) is 8.60. The molecular weight excluding hydrogens is 364 g/mol. The number of aryl methyl sites for hydroxylation is 1. The highest BCUT2D eigenvalue weighted by molar-refractivity contribution is 6.02. The SMILES string of the molecule is COc1ccc(NC(=O)C(C)OC(=O)c2[nH]c(C)c(C(C)=O)c2C)cc1OC. The Bertz CT molecular complexity index is 916. The Kier molecular flexibility index (Phi) is 6.45. The molecule has 2 rings (SSSR count). The van der Waals surface area contributed by atoms with Gasteiger partial charge >= 0.3 is 5.97 Å². The summed E-state index contributed by atoms with van der Waals surface area (Å²) in [4.78, 5) is 39.4. The summed E-state index contributed by atoms with van der Waals surface area (Å²) in [5.74, 6) is -0.376. The number of rotatable bonds is 7. The van der Waals surface area contributed by atoms with Crippen LogP contribution in [0.4, 0.5) is 5.69 Å². The van der Waals surface area contributed by atoms with E-state index in [1.807, 2.05) is 0 Å². The maximum absolute atomic E-state index is 12.4. The largest absolute Gasteiger partial charge is 0.493 e. The molecule has 1 unspecified atom stereocenters. The summed E-state index contributed by atoms with van der Waals surface area (Å²) < 4.78 is 15.6. The number of esters is 1.